The normalized spacial score (nSPS) is 11.3. The third-order valence-electron chi connectivity index (χ3n) is 2.27. The van der Waals surface area contributed by atoms with Crippen LogP contribution in [0, 0.1) is 6.92 Å². The molecule has 0 fully saturated rings. The molecule has 0 aliphatic rings. The first-order valence-corrected chi connectivity index (χ1v) is 5.44. The van der Waals surface area contributed by atoms with Gasteiger partial charge in [0.05, 0.1) is 0 Å². The highest BCUT2D eigenvalue weighted by molar-refractivity contribution is 5.95. The van der Waals surface area contributed by atoms with Crippen molar-refractivity contribution in [3.8, 4) is 0 Å². The number of aromatic nitrogens is 5. The summed E-state index contributed by atoms with van der Waals surface area (Å²) in [5.41, 5.74) is 0.868. The molecule has 0 saturated carbocycles. The molecule has 7 heteroatoms. The molecule has 0 aliphatic carbocycles. The average Bonchev–Trinajstić information content (AvgIpc) is 2.65. The fraction of sp³-hybridized carbons (Fsp3) is 0.364. The molecule has 2 aromatic rings. The van der Waals surface area contributed by atoms with Crippen LogP contribution in [0.3, 0.4) is 0 Å². The van der Waals surface area contributed by atoms with Crippen molar-refractivity contribution < 1.29 is 4.79 Å². The summed E-state index contributed by atoms with van der Waals surface area (Å²) in [7, 11) is 3.78. The standard InChI is InChI=1S/C11H14N6O/c1-7(18)10-9(5-6-16(3)4)17-11(14-13-10)12-8(2)15-17/h5-6H,1-4H3/b6-5+. The Kier molecular flexibility index (Phi) is 3.05. The molecule has 18 heavy (non-hydrogen) atoms. The van der Waals surface area contributed by atoms with Gasteiger partial charge in [-0.15, -0.1) is 15.3 Å². The van der Waals surface area contributed by atoms with Gasteiger partial charge < -0.3 is 4.90 Å². The number of rotatable bonds is 3. The highest BCUT2D eigenvalue weighted by atomic mass is 16.1. The van der Waals surface area contributed by atoms with Crippen molar-refractivity contribution in [2.24, 2.45) is 0 Å². The summed E-state index contributed by atoms with van der Waals surface area (Å²) in [5.74, 6) is 0.816. The van der Waals surface area contributed by atoms with Crippen LogP contribution in [0.5, 0.6) is 0 Å². The minimum Gasteiger partial charge on any atom is -0.383 e. The number of carbonyl (C=O) groups is 1. The first-order chi connectivity index (χ1) is 8.49. The molecule has 0 saturated heterocycles. The molecular formula is C11H14N6O. The molecule has 2 aromatic heterocycles. The van der Waals surface area contributed by atoms with Crippen LogP contribution in [0.15, 0.2) is 6.20 Å². The van der Waals surface area contributed by atoms with E-state index >= 15 is 0 Å². The third-order valence-corrected chi connectivity index (χ3v) is 2.27. The smallest absolute Gasteiger partial charge is 0.272 e. The Labute approximate surface area is 104 Å². The van der Waals surface area contributed by atoms with E-state index in [0.717, 1.165) is 0 Å². The Bertz CT molecular complexity index is 628. The minimum absolute atomic E-state index is 0.157. The van der Waals surface area contributed by atoms with E-state index in [1.165, 1.54) is 11.4 Å². The number of aryl methyl sites for hydroxylation is 1. The van der Waals surface area contributed by atoms with Crippen LogP contribution in [0.25, 0.3) is 11.9 Å². The van der Waals surface area contributed by atoms with E-state index in [-0.39, 0.29) is 11.5 Å². The lowest BCUT2D eigenvalue weighted by atomic mass is 10.2. The van der Waals surface area contributed by atoms with Gasteiger partial charge in [-0.3, -0.25) is 4.79 Å². The summed E-state index contributed by atoms with van der Waals surface area (Å²) in [4.78, 5) is 17.5. The van der Waals surface area contributed by atoms with Gasteiger partial charge in [-0.25, -0.2) is 0 Å². The lowest BCUT2D eigenvalue weighted by Gasteiger charge is -2.05. The van der Waals surface area contributed by atoms with Gasteiger partial charge in [-0.2, -0.15) is 9.50 Å². The first kappa shape index (κ1) is 12.2. The summed E-state index contributed by atoms with van der Waals surface area (Å²) >= 11 is 0. The zero-order valence-corrected chi connectivity index (χ0v) is 10.7. The van der Waals surface area contributed by atoms with E-state index in [1.54, 1.807) is 13.0 Å². The predicted octanol–water partition coefficient (Wildman–Crippen LogP) is 0.563. The van der Waals surface area contributed by atoms with E-state index in [9.17, 15) is 4.79 Å². The van der Waals surface area contributed by atoms with Crippen LogP contribution < -0.4 is 0 Å². The molecule has 0 atom stereocenters. The van der Waals surface area contributed by atoms with Crippen LogP contribution in [0.1, 0.15) is 28.9 Å². The Balaban J connectivity index is 2.69. The molecule has 0 radical (unpaired) electrons. The topological polar surface area (TPSA) is 76.3 Å². The average molecular weight is 246 g/mol. The van der Waals surface area contributed by atoms with Gasteiger partial charge in [-0.05, 0) is 13.0 Å². The number of hydrogen-bond acceptors (Lipinski definition) is 6. The summed E-state index contributed by atoms with van der Waals surface area (Å²) < 4.78 is 1.53. The SMILES string of the molecule is CC(=O)c1nnc2nc(C)nn2c1/C=C/N(C)C. The van der Waals surface area contributed by atoms with E-state index in [1.807, 2.05) is 25.2 Å². The predicted molar refractivity (Wildman–Crippen MR) is 66.0 cm³/mol. The Morgan fingerprint density at radius 2 is 2.06 bits per heavy atom. The summed E-state index contributed by atoms with van der Waals surface area (Å²) in [5, 5.41) is 12.0. The highest BCUT2D eigenvalue weighted by Gasteiger charge is 2.14. The Morgan fingerprint density at radius 3 is 2.67 bits per heavy atom. The van der Waals surface area contributed by atoms with Gasteiger partial charge in [0.2, 0.25) is 0 Å². The molecule has 0 amide bonds. The third kappa shape index (κ3) is 2.20. The Hall–Kier alpha value is -2.31. The van der Waals surface area contributed by atoms with Gasteiger partial charge in [0.1, 0.15) is 11.5 Å². The molecule has 0 aliphatic heterocycles. The van der Waals surface area contributed by atoms with Crippen molar-refractivity contribution in [1.82, 2.24) is 29.7 Å². The molecule has 0 N–H and O–H groups in total. The molecule has 0 spiro atoms. The van der Waals surface area contributed by atoms with Crippen LogP contribution in [0.2, 0.25) is 0 Å². The number of hydrogen-bond donors (Lipinski definition) is 0. The van der Waals surface area contributed by atoms with Crippen LogP contribution >= 0.6 is 0 Å². The van der Waals surface area contributed by atoms with Gasteiger partial charge in [-0.1, -0.05) is 0 Å². The maximum absolute atomic E-state index is 11.5. The number of Topliss-reactive ketones (excluding diaryl/α,β-unsaturated/α-hetero) is 1. The second kappa shape index (κ2) is 4.52. The fourth-order valence-corrected chi connectivity index (χ4v) is 1.50. The zero-order valence-electron chi connectivity index (χ0n) is 10.7. The molecule has 7 nitrogen and oxygen atoms in total. The van der Waals surface area contributed by atoms with Crippen molar-refractivity contribution >= 4 is 17.6 Å². The van der Waals surface area contributed by atoms with Crippen LogP contribution in [-0.4, -0.2) is 49.6 Å². The molecule has 94 valence electrons. The van der Waals surface area contributed by atoms with Crippen LogP contribution in [0.4, 0.5) is 0 Å². The van der Waals surface area contributed by atoms with Crippen molar-refractivity contribution in [1.29, 1.82) is 0 Å². The summed E-state index contributed by atoms with van der Waals surface area (Å²) in [6.07, 6.45) is 3.59. The molecule has 0 unspecified atom stereocenters. The number of fused-ring (bicyclic) bond motifs is 1. The quantitative estimate of drug-likeness (QED) is 0.737. The first-order valence-electron chi connectivity index (χ1n) is 5.44. The molecule has 2 rings (SSSR count). The van der Waals surface area contributed by atoms with Gasteiger partial charge >= 0.3 is 0 Å². The summed E-state index contributed by atoms with van der Waals surface area (Å²) in [6, 6.07) is 0. The lowest BCUT2D eigenvalue weighted by molar-refractivity contribution is 0.101. The van der Waals surface area contributed by atoms with Crippen LogP contribution in [-0.2, 0) is 0 Å². The van der Waals surface area contributed by atoms with E-state index in [4.69, 9.17) is 0 Å². The monoisotopic (exact) mass is 246 g/mol. The fourth-order valence-electron chi connectivity index (χ4n) is 1.50. The van der Waals surface area contributed by atoms with E-state index in [2.05, 4.69) is 20.3 Å². The number of ketones is 1. The van der Waals surface area contributed by atoms with E-state index < -0.39 is 0 Å². The van der Waals surface area contributed by atoms with E-state index in [0.29, 0.717) is 17.3 Å². The minimum atomic E-state index is -0.157. The Morgan fingerprint density at radius 1 is 1.33 bits per heavy atom. The van der Waals surface area contributed by atoms with Gasteiger partial charge in [0.25, 0.3) is 5.78 Å². The number of nitrogens with zero attached hydrogens (tertiary/aromatic N) is 6. The lowest BCUT2D eigenvalue weighted by Crippen LogP contribution is -2.10. The molecule has 0 aromatic carbocycles. The van der Waals surface area contributed by atoms with Crippen molar-refractivity contribution in [2.75, 3.05) is 14.1 Å². The molecule has 0 bridgehead atoms. The van der Waals surface area contributed by atoms with Gasteiger partial charge in [0.15, 0.2) is 11.5 Å². The molecular weight excluding hydrogens is 232 g/mol. The number of carbonyl (C=O) groups excluding carboxylic acids is 1. The highest BCUT2D eigenvalue weighted by Crippen LogP contribution is 2.10. The zero-order chi connectivity index (χ0) is 13.3. The second-order valence-corrected chi connectivity index (χ2v) is 4.14. The maximum Gasteiger partial charge on any atom is 0.272 e. The molecule has 2 heterocycles. The second-order valence-electron chi connectivity index (χ2n) is 4.14. The maximum atomic E-state index is 11.5. The largest absolute Gasteiger partial charge is 0.383 e. The summed E-state index contributed by atoms with van der Waals surface area (Å²) in [6.45, 7) is 3.22. The van der Waals surface area contributed by atoms with Gasteiger partial charge in [0, 0.05) is 27.2 Å². The van der Waals surface area contributed by atoms with Crippen molar-refractivity contribution in [2.45, 2.75) is 13.8 Å². The van der Waals surface area contributed by atoms with Crippen molar-refractivity contribution in [3.63, 3.8) is 0 Å². The van der Waals surface area contributed by atoms with Crippen molar-refractivity contribution in [3.05, 3.63) is 23.4 Å².